The van der Waals surface area contributed by atoms with Gasteiger partial charge >= 0.3 is 11.5 Å². The Morgan fingerprint density at radius 1 is 1.43 bits per heavy atom. The standard InChI is InChI=1S/C14H11IN2O4/c15-10-4-1-8(14(19)20)7-11(10)21-12-13(18)17(6-5-16-12)9-2-3-9/h1,4-7,9H,2-3H2,(H,19,20). The van der Waals surface area contributed by atoms with Gasteiger partial charge in [-0.1, -0.05) is 0 Å². The van der Waals surface area contributed by atoms with Crippen LogP contribution in [0, 0.1) is 3.57 Å². The second kappa shape index (κ2) is 5.47. The lowest BCUT2D eigenvalue weighted by atomic mass is 10.2. The van der Waals surface area contributed by atoms with Crippen LogP contribution in [0.2, 0.25) is 0 Å². The second-order valence-corrected chi connectivity index (χ2v) is 5.89. The Bertz CT molecular complexity index is 768. The van der Waals surface area contributed by atoms with E-state index in [0.717, 1.165) is 12.8 Å². The zero-order valence-corrected chi connectivity index (χ0v) is 13.0. The zero-order chi connectivity index (χ0) is 15.0. The molecule has 6 nitrogen and oxygen atoms in total. The summed E-state index contributed by atoms with van der Waals surface area (Å²) in [6.07, 6.45) is 5.12. The second-order valence-electron chi connectivity index (χ2n) is 4.73. The maximum atomic E-state index is 12.2. The maximum Gasteiger partial charge on any atom is 0.335 e. The first-order valence-electron chi connectivity index (χ1n) is 6.34. The van der Waals surface area contributed by atoms with Gasteiger partial charge in [0.1, 0.15) is 5.75 Å². The summed E-state index contributed by atoms with van der Waals surface area (Å²) < 4.78 is 7.85. The molecule has 1 N–H and O–H groups in total. The molecule has 1 aliphatic carbocycles. The van der Waals surface area contributed by atoms with Gasteiger partial charge in [0.15, 0.2) is 0 Å². The fraction of sp³-hybridized carbons (Fsp3) is 0.214. The summed E-state index contributed by atoms with van der Waals surface area (Å²) in [6, 6.07) is 4.73. The van der Waals surface area contributed by atoms with E-state index >= 15 is 0 Å². The van der Waals surface area contributed by atoms with Crippen molar-refractivity contribution < 1.29 is 14.6 Å². The molecule has 0 amide bonds. The quantitative estimate of drug-likeness (QED) is 0.802. The molecule has 108 valence electrons. The van der Waals surface area contributed by atoms with E-state index < -0.39 is 5.97 Å². The molecule has 0 saturated heterocycles. The number of rotatable bonds is 4. The smallest absolute Gasteiger partial charge is 0.335 e. The molecule has 1 saturated carbocycles. The molecule has 0 bridgehead atoms. The van der Waals surface area contributed by atoms with E-state index in [1.807, 2.05) is 22.6 Å². The van der Waals surface area contributed by atoms with Gasteiger partial charge in [-0.25, -0.2) is 9.78 Å². The van der Waals surface area contributed by atoms with Gasteiger partial charge in [-0.05, 0) is 53.6 Å². The number of carboxylic acid groups (broad SMARTS) is 1. The van der Waals surface area contributed by atoms with E-state index in [2.05, 4.69) is 4.98 Å². The van der Waals surface area contributed by atoms with Crippen molar-refractivity contribution in [3.63, 3.8) is 0 Å². The third-order valence-electron chi connectivity index (χ3n) is 3.16. The normalized spacial score (nSPS) is 14.0. The zero-order valence-electron chi connectivity index (χ0n) is 10.8. The van der Waals surface area contributed by atoms with Crippen LogP contribution < -0.4 is 10.3 Å². The molecule has 1 fully saturated rings. The molecule has 7 heteroatoms. The Morgan fingerprint density at radius 2 is 2.19 bits per heavy atom. The third kappa shape index (κ3) is 2.92. The minimum Gasteiger partial charge on any atom is -0.478 e. The predicted octanol–water partition coefficient (Wildman–Crippen LogP) is 2.67. The van der Waals surface area contributed by atoms with E-state index in [-0.39, 0.29) is 23.0 Å². The molecule has 21 heavy (non-hydrogen) atoms. The van der Waals surface area contributed by atoms with Crippen molar-refractivity contribution >= 4 is 28.6 Å². The van der Waals surface area contributed by atoms with Gasteiger partial charge in [-0.3, -0.25) is 4.79 Å². The number of nitrogens with zero attached hydrogens (tertiary/aromatic N) is 2. The van der Waals surface area contributed by atoms with Crippen molar-refractivity contribution in [2.75, 3.05) is 0 Å². The lowest BCUT2D eigenvalue weighted by Crippen LogP contribution is -2.20. The van der Waals surface area contributed by atoms with Crippen LogP contribution in [0.25, 0.3) is 0 Å². The van der Waals surface area contributed by atoms with Crippen molar-refractivity contribution in [3.8, 4) is 11.6 Å². The fourth-order valence-electron chi connectivity index (χ4n) is 1.94. The van der Waals surface area contributed by atoms with E-state index in [9.17, 15) is 9.59 Å². The van der Waals surface area contributed by atoms with Crippen molar-refractivity contribution in [2.24, 2.45) is 0 Å². The number of carboxylic acids is 1. The Hall–Kier alpha value is -1.90. The van der Waals surface area contributed by atoms with Crippen LogP contribution in [0.4, 0.5) is 0 Å². The van der Waals surface area contributed by atoms with Crippen LogP contribution in [-0.4, -0.2) is 20.6 Å². The van der Waals surface area contributed by atoms with Crippen molar-refractivity contribution in [1.82, 2.24) is 9.55 Å². The first kappa shape index (κ1) is 14.1. The highest BCUT2D eigenvalue weighted by Crippen LogP contribution is 2.33. The summed E-state index contributed by atoms with van der Waals surface area (Å²) >= 11 is 2.02. The Balaban J connectivity index is 1.97. The van der Waals surface area contributed by atoms with Gasteiger partial charge in [0.2, 0.25) is 0 Å². The van der Waals surface area contributed by atoms with Crippen LogP contribution in [-0.2, 0) is 0 Å². The average Bonchev–Trinajstić information content (AvgIpc) is 3.27. The molecule has 2 aromatic rings. The minimum atomic E-state index is -1.05. The number of aromatic nitrogens is 2. The molecule has 1 aliphatic rings. The van der Waals surface area contributed by atoms with E-state index in [1.54, 1.807) is 16.8 Å². The van der Waals surface area contributed by atoms with Crippen LogP contribution in [0.5, 0.6) is 11.6 Å². The summed E-state index contributed by atoms with van der Waals surface area (Å²) in [4.78, 5) is 27.2. The van der Waals surface area contributed by atoms with Gasteiger partial charge in [-0.15, -0.1) is 0 Å². The molecule has 0 unspecified atom stereocenters. The average molecular weight is 398 g/mol. The van der Waals surface area contributed by atoms with E-state index in [1.165, 1.54) is 18.3 Å². The SMILES string of the molecule is O=C(O)c1ccc(I)c(Oc2nccn(C3CC3)c2=O)c1. The van der Waals surface area contributed by atoms with Gasteiger partial charge in [-0.2, -0.15) is 0 Å². The molecular formula is C14H11IN2O4. The summed E-state index contributed by atoms with van der Waals surface area (Å²) in [5.74, 6) is -0.772. The number of hydrogen-bond donors (Lipinski definition) is 1. The monoisotopic (exact) mass is 398 g/mol. The van der Waals surface area contributed by atoms with Crippen LogP contribution >= 0.6 is 22.6 Å². The van der Waals surface area contributed by atoms with Crippen LogP contribution in [0.15, 0.2) is 35.4 Å². The van der Waals surface area contributed by atoms with E-state index in [0.29, 0.717) is 9.32 Å². The number of benzene rings is 1. The van der Waals surface area contributed by atoms with Crippen LogP contribution in [0.3, 0.4) is 0 Å². The summed E-state index contributed by atoms with van der Waals surface area (Å²) in [5.41, 5.74) is -0.194. The third-order valence-corrected chi connectivity index (χ3v) is 4.05. The highest BCUT2D eigenvalue weighted by atomic mass is 127. The largest absolute Gasteiger partial charge is 0.478 e. The molecule has 1 aromatic heterocycles. The van der Waals surface area contributed by atoms with Crippen LogP contribution in [0.1, 0.15) is 29.2 Å². The Morgan fingerprint density at radius 3 is 2.86 bits per heavy atom. The molecule has 0 radical (unpaired) electrons. The van der Waals surface area contributed by atoms with Gasteiger partial charge in [0, 0.05) is 18.4 Å². The molecule has 3 rings (SSSR count). The number of hydrogen-bond acceptors (Lipinski definition) is 4. The number of halogens is 1. The van der Waals surface area contributed by atoms with Crippen molar-refractivity contribution in [3.05, 3.63) is 50.1 Å². The van der Waals surface area contributed by atoms with Gasteiger partial charge in [0.05, 0.1) is 9.13 Å². The number of carbonyl (C=O) groups is 1. The summed E-state index contributed by atoms with van der Waals surface area (Å²) in [6.45, 7) is 0. The highest BCUT2D eigenvalue weighted by molar-refractivity contribution is 14.1. The van der Waals surface area contributed by atoms with Crippen molar-refractivity contribution in [1.29, 1.82) is 0 Å². The van der Waals surface area contributed by atoms with Crippen molar-refractivity contribution in [2.45, 2.75) is 18.9 Å². The first-order chi connectivity index (χ1) is 10.1. The molecule has 1 aromatic carbocycles. The topological polar surface area (TPSA) is 81.4 Å². The fourth-order valence-corrected chi connectivity index (χ4v) is 2.38. The number of aromatic carboxylic acids is 1. The Kier molecular flexibility index (Phi) is 3.66. The Labute approximate surface area is 133 Å². The number of ether oxygens (including phenoxy) is 1. The molecule has 0 spiro atoms. The van der Waals surface area contributed by atoms with Gasteiger partial charge in [0.25, 0.3) is 5.88 Å². The minimum absolute atomic E-state index is 0.0372. The van der Waals surface area contributed by atoms with Gasteiger partial charge < -0.3 is 14.4 Å². The summed E-state index contributed by atoms with van der Waals surface area (Å²) in [7, 11) is 0. The lowest BCUT2D eigenvalue weighted by Gasteiger charge is -2.09. The predicted molar refractivity (Wildman–Crippen MR) is 83.0 cm³/mol. The van der Waals surface area contributed by atoms with E-state index in [4.69, 9.17) is 9.84 Å². The first-order valence-corrected chi connectivity index (χ1v) is 7.42. The molecule has 0 atom stereocenters. The lowest BCUT2D eigenvalue weighted by molar-refractivity contribution is 0.0696. The summed E-state index contributed by atoms with van der Waals surface area (Å²) in [5, 5.41) is 9.01. The molecule has 0 aliphatic heterocycles. The maximum absolute atomic E-state index is 12.2. The molecular weight excluding hydrogens is 387 g/mol. The highest BCUT2D eigenvalue weighted by Gasteiger charge is 2.25. The molecule has 1 heterocycles.